The second-order valence-corrected chi connectivity index (χ2v) is 10.2. The normalized spacial score (nSPS) is 11.2. The van der Waals surface area contributed by atoms with E-state index in [1.165, 1.54) is 41.7 Å². The van der Waals surface area contributed by atoms with E-state index in [0.717, 1.165) is 10.6 Å². The fraction of sp³-hybridized carbons (Fsp3) is 0.0435. The zero-order valence-electron chi connectivity index (χ0n) is 16.9. The zero-order chi connectivity index (χ0) is 23.4. The number of halogens is 2. The highest BCUT2D eigenvalue weighted by molar-refractivity contribution is 7.92. The highest BCUT2D eigenvalue weighted by Gasteiger charge is 2.20. The molecular formula is C23H16Cl2N2O4S2. The van der Waals surface area contributed by atoms with Gasteiger partial charge in [-0.1, -0.05) is 53.5 Å². The number of thiazole rings is 1. The molecular weight excluding hydrogens is 503 g/mol. The molecule has 33 heavy (non-hydrogen) atoms. The predicted octanol–water partition coefficient (Wildman–Crippen LogP) is 6.27. The molecule has 0 saturated carbocycles. The second-order valence-electron chi connectivity index (χ2n) is 6.84. The van der Waals surface area contributed by atoms with Crippen molar-refractivity contribution in [2.75, 3.05) is 4.72 Å². The Bertz CT molecular complexity index is 1390. The molecule has 1 N–H and O–H groups in total. The van der Waals surface area contributed by atoms with Gasteiger partial charge in [0, 0.05) is 21.7 Å². The van der Waals surface area contributed by atoms with Crippen LogP contribution in [-0.2, 0) is 21.4 Å². The van der Waals surface area contributed by atoms with Crippen molar-refractivity contribution in [2.24, 2.45) is 0 Å². The molecule has 0 bridgehead atoms. The number of carbonyl (C=O) groups excluding carboxylic acids is 1. The van der Waals surface area contributed by atoms with E-state index >= 15 is 0 Å². The van der Waals surface area contributed by atoms with Gasteiger partial charge in [-0.05, 0) is 42.5 Å². The third kappa shape index (κ3) is 5.72. The molecule has 10 heteroatoms. The zero-order valence-corrected chi connectivity index (χ0v) is 20.0. The largest absolute Gasteiger partial charge is 0.456 e. The molecule has 1 heterocycles. The Kier molecular flexibility index (Phi) is 6.99. The number of hydrogen-bond donors (Lipinski definition) is 1. The number of ether oxygens (including phenoxy) is 1. The van der Waals surface area contributed by atoms with Crippen LogP contribution in [0, 0.1) is 0 Å². The van der Waals surface area contributed by atoms with Gasteiger partial charge >= 0.3 is 5.97 Å². The summed E-state index contributed by atoms with van der Waals surface area (Å²) in [6, 6.07) is 19.7. The summed E-state index contributed by atoms with van der Waals surface area (Å²) in [6.07, 6.45) is 0. The lowest BCUT2D eigenvalue weighted by molar-refractivity contribution is 0.0468. The molecule has 0 aliphatic heterocycles. The van der Waals surface area contributed by atoms with E-state index in [9.17, 15) is 13.2 Å². The summed E-state index contributed by atoms with van der Waals surface area (Å²) >= 11 is 13.4. The third-order valence-corrected chi connectivity index (χ3v) is 7.39. The fourth-order valence-corrected chi connectivity index (χ4v) is 5.08. The highest BCUT2D eigenvalue weighted by atomic mass is 35.5. The van der Waals surface area contributed by atoms with Crippen LogP contribution >= 0.6 is 34.5 Å². The van der Waals surface area contributed by atoms with Crippen LogP contribution < -0.4 is 4.72 Å². The summed E-state index contributed by atoms with van der Waals surface area (Å²) in [6.45, 7) is -0.0709. The number of nitrogens with zero attached hydrogens (tertiary/aromatic N) is 1. The number of anilines is 1. The minimum atomic E-state index is -3.96. The summed E-state index contributed by atoms with van der Waals surface area (Å²) in [5.41, 5.74) is 1.82. The molecule has 0 fully saturated rings. The molecule has 0 unspecified atom stereocenters. The Morgan fingerprint density at radius 2 is 1.73 bits per heavy atom. The van der Waals surface area contributed by atoms with E-state index in [0.29, 0.717) is 16.4 Å². The number of rotatable bonds is 7. The smallest absolute Gasteiger partial charge is 0.340 e. The summed E-state index contributed by atoms with van der Waals surface area (Å²) in [7, 11) is -3.96. The van der Waals surface area contributed by atoms with Crippen LogP contribution in [-0.4, -0.2) is 19.4 Å². The number of esters is 1. The Balaban J connectivity index is 1.47. The average molecular weight is 519 g/mol. The highest BCUT2D eigenvalue weighted by Crippen LogP contribution is 2.26. The lowest BCUT2D eigenvalue weighted by Crippen LogP contribution is -2.14. The maximum atomic E-state index is 12.7. The number of nitrogens with one attached hydrogen (secondary N) is 1. The van der Waals surface area contributed by atoms with Gasteiger partial charge in [0.05, 0.1) is 21.2 Å². The summed E-state index contributed by atoms with van der Waals surface area (Å²) in [5, 5.41) is 3.16. The number of sulfonamides is 1. The van der Waals surface area contributed by atoms with Crippen molar-refractivity contribution in [3.63, 3.8) is 0 Å². The predicted molar refractivity (Wildman–Crippen MR) is 130 cm³/mol. The molecule has 0 spiro atoms. The monoisotopic (exact) mass is 518 g/mol. The van der Waals surface area contributed by atoms with Gasteiger partial charge < -0.3 is 4.74 Å². The van der Waals surface area contributed by atoms with Gasteiger partial charge in [-0.3, -0.25) is 4.72 Å². The van der Waals surface area contributed by atoms with Gasteiger partial charge in [0.1, 0.15) is 11.6 Å². The van der Waals surface area contributed by atoms with Crippen molar-refractivity contribution >= 4 is 56.2 Å². The number of carbonyl (C=O) groups is 1. The molecule has 168 valence electrons. The molecule has 1 aromatic heterocycles. The van der Waals surface area contributed by atoms with E-state index in [4.69, 9.17) is 27.9 Å². The first-order valence-electron chi connectivity index (χ1n) is 9.57. The van der Waals surface area contributed by atoms with Crippen LogP contribution in [0.1, 0.15) is 16.1 Å². The first-order valence-corrected chi connectivity index (χ1v) is 12.7. The third-order valence-electron chi connectivity index (χ3n) is 4.49. The van der Waals surface area contributed by atoms with Gasteiger partial charge in [0.2, 0.25) is 0 Å². The number of aromatic nitrogens is 1. The first kappa shape index (κ1) is 23.3. The lowest BCUT2D eigenvalue weighted by Gasteiger charge is -2.10. The van der Waals surface area contributed by atoms with Crippen molar-refractivity contribution in [3.8, 4) is 10.6 Å². The van der Waals surface area contributed by atoms with Crippen LogP contribution in [0.3, 0.4) is 0 Å². The Hall–Kier alpha value is -2.91. The lowest BCUT2D eigenvalue weighted by atomic mass is 10.2. The SMILES string of the molecule is O=C(OCc1csc(-c2ccccc2)n1)c1cc(S(=O)(=O)Nc2ccc(Cl)cc2)ccc1Cl. The van der Waals surface area contributed by atoms with Crippen LogP contribution in [0.2, 0.25) is 10.0 Å². The Morgan fingerprint density at radius 3 is 2.45 bits per heavy atom. The van der Waals surface area contributed by atoms with E-state index < -0.39 is 16.0 Å². The molecule has 0 saturated heterocycles. The maximum Gasteiger partial charge on any atom is 0.340 e. The molecule has 0 radical (unpaired) electrons. The van der Waals surface area contributed by atoms with Gasteiger partial charge in [0.15, 0.2) is 0 Å². The number of hydrogen-bond acceptors (Lipinski definition) is 6. The van der Waals surface area contributed by atoms with E-state index in [1.807, 2.05) is 30.3 Å². The van der Waals surface area contributed by atoms with E-state index in [-0.39, 0.29) is 22.1 Å². The molecule has 4 rings (SSSR count). The molecule has 0 aliphatic rings. The van der Waals surface area contributed by atoms with Gasteiger partial charge in [-0.25, -0.2) is 18.2 Å². The fourth-order valence-electron chi connectivity index (χ4n) is 2.86. The standard InChI is InChI=1S/C23H16Cl2N2O4S2/c24-16-6-8-17(9-7-16)27-33(29,30)19-10-11-21(25)20(12-19)23(28)31-13-18-14-32-22(26-18)15-4-2-1-3-5-15/h1-12,14,27H,13H2. The topological polar surface area (TPSA) is 85.4 Å². The van der Waals surface area contributed by atoms with Gasteiger partial charge in [0.25, 0.3) is 10.0 Å². The van der Waals surface area contributed by atoms with Crippen molar-refractivity contribution in [2.45, 2.75) is 11.5 Å². The van der Waals surface area contributed by atoms with Gasteiger partial charge in [-0.2, -0.15) is 0 Å². The first-order chi connectivity index (χ1) is 15.8. The van der Waals surface area contributed by atoms with Crippen molar-refractivity contribution in [3.05, 3.63) is 99.5 Å². The Morgan fingerprint density at radius 1 is 1.00 bits per heavy atom. The van der Waals surface area contributed by atoms with E-state index in [1.54, 1.807) is 17.5 Å². The quantitative estimate of drug-likeness (QED) is 0.291. The molecule has 3 aromatic carbocycles. The minimum Gasteiger partial charge on any atom is -0.456 e. The molecule has 0 amide bonds. The van der Waals surface area contributed by atoms with Crippen molar-refractivity contribution in [1.29, 1.82) is 0 Å². The summed E-state index contributed by atoms with van der Waals surface area (Å²) in [5.74, 6) is -0.752. The van der Waals surface area contributed by atoms with Crippen molar-refractivity contribution < 1.29 is 17.9 Å². The van der Waals surface area contributed by atoms with Gasteiger partial charge in [-0.15, -0.1) is 11.3 Å². The number of benzene rings is 3. The second kappa shape index (κ2) is 9.93. The van der Waals surface area contributed by atoms with Crippen LogP contribution in [0.4, 0.5) is 5.69 Å². The van der Waals surface area contributed by atoms with Crippen LogP contribution in [0.25, 0.3) is 10.6 Å². The molecule has 0 atom stereocenters. The van der Waals surface area contributed by atoms with E-state index in [2.05, 4.69) is 9.71 Å². The maximum absolute atomic E-state index is 12.7. The van der Waals surface area contributed by atoms with Crippen LogP contribution in [0.15, 0.2) is 83.1 Å². The minimum absolute atomic E-state index is 0.0610. The Labute approximate surface area is 204 Å². The average Bonchev–Trinajstić information content (AvgIpc) is 3.29. The molecule has 0 aliphatic carbocycles. The summed E-state index contributed by atoms with van der Waals surface area (Å²) in [4.78, 5) is 17.0. The van der Waals surface area contributed by atoms with Crippen LogP contribution in [0.5, 0.6) is 0 Å². The summed E-state index contributed by atoms with van der Waals surface area (Å²) < 4.78 is 33.3. The van der Waals surface area contributed by atoms with Crippen molar-refractivity contribution in [1.82, 2.24) is 4.98 Å². The molecule has 4 aromatic rings. The molecule has 6 nitrogen and oxygen atoms in total.